The lowest BCUT2D eigenvalue weighted by atomic mass is 9.61. The standard InChI is InChI=1S/C22H35F5O5/c1-13(2)14(28)31-21(22(25,26)27)20(23,24)19(10,12-30-21)32-15(29)18(9,17(6,7)8)11-16(3,4)5/h13H,11-12H2,1-10H3. The molecule has 0 bridgehead atoms. The average Bonchev–Trinajstić information content (AvgIpc) is 2.72. The molecular weight excluding hydrogens is 439 g/mol. The van der Waals surface area contributed by atoms with Gasteiger partial charge in [-0.15, -0.1) is 0 Å². The Bertz CT molecular complexity index is 734. The zero-order chi connectivity index (χ0) is 25.8. The molecule has 1 saturated heterocycles. The quantitative estimate of drug-likeness (QED) is 0.367. The van der Waals surface area contributed by atoms with Gasteiger partial charge in [0.1, 0.15) is 0 Å². The zero-order valence-electron chi connectivity index (χ0n) is 20.4. The van der Waals surface area contributed by atoms with Crippen LogP contribution in [0.5, 0.6) is 0 Å². The highest BCUT2D eigenvalue weighted by atomic mass is 19.4. The predicted molar refractivity (Wildman–Crippen MR) is 107 cm³/mol. The largest absolute Gasteiger partial charge is 0.462 e. The average molecular weight is 475 g/mol. The highest BCUT2D eigenvalue weighted by Crippen LogP contribution is 2.58. The van der Waals surface area contributed by atoms with Crippen molar-refractivity contribution in [3.8, 4) is 0 Å². The maximum atomic E-state index is 15.4. The summed E-state index contributed by atoms with van der Waals surface area (Å²) in [6.07, 6.45) is -5.57. The number of carbonyl (C=O) groups excluding carboxylic acids is 2. The van der Waals surface area contributed by atoms with Crippen LogP contribution < -0.4 is 0 Å². The molecule has 0 amide bonds. The summed E-state index contributed by atoms with van der Waals surface area (Å²) < 4.78 is 86.2. The van der Waals surface area contributed by atoms with Crippen LogP contribution in [0.3, 0.4) is 0 Å². The Balaban J connectivity index is 3.48. The van der Waals surface area contributed by atoms with Gasteiger partial charge in [0, 0.05) is 0 Å². The van der Waals surface area contributed by atoms with Crippen molar-refractivity contribution in [1.29, 1.82) is 0 Å². The second-order valence-corrected chi connectivity index (χ2v) is 11.5. The van der Waals surface area contributed by atoms with Crippen LogP contribution in [0.2, 0.25) is 0 Å². The number of hydrogen-bond donors (Lipinski definition) is 0. The van der Waals surface area contributed by atoms with E-state index in [0.29, 0.717) is 6.92 Å². The molecule has 188 valence electrons. The van der Waals surface area contributed by atoms with E-state index < -0.39 is 64.2 Å². The van der Waals surface area contributed by atoms with Crippen LogP contribution in [0.25, 0.3) is 0 Å². The zero-order valence-corrected chi connectivity index (χ0v) is 20.4. The molecule has 0 aromatic rings. The Morgan fingerprint density at radius 1 is 0.969 bits per heavy atom. The first kappa shape index (κ1) is 28.6. The summed E-state index contributed by atoms with van der Waals surface area (Å²) in [5.41, 5.74) is -5.53. The van der Waals surface area contributed by atoms with E-state index in [9.17, 15) is 22.8 Å². The molecule has 1 rings (SSSR count). The van der Waals surface area contributed by atoms with E-state index in [0.717, 1.165) is 0 Å². The summed E-state index contributed by atoms with van der Waals surface area (Å²) in [5, 5.41) is 0. The van der Waals surface area contributed by atoms with E-state index in [1.165, 1.54) is 20.8 Å². The summed E-state index contributed by atoms with van der Waals surface area (Å²) in [7, 11) is 0. The predicted octanol–water partition coefficient (Wildman–Crippen LogP) is 5.90. The minimum absolute atomic E-state index is 0.220. The van der Waals surface area contributed by atoms with Gasteiger partial charge < -0.3 is 14.2 Å². The number of alkyl halides is 5. The molecule has 10 heteroatoms. The van der Waals surface area contributed by atoms with E-state index in [1.54, 1.807) is 20.8 Å². The lowest BCUT2D eigenvalue weighted by Gasteiger charge is -2.45. The van der Waals surface area contributed by atoms with Crippen molar-refractivity contribution in [3.63, 3.8) is 0 Å². The first-order chi connectivity index (χ1) is 13.9. The highest BCUT2D eigenvalue weighted by molar-refractivity contribution is 5.78. The molecule has 0 aliphatic carbocycles. The maximum Gasteiger partial charge on any atom is 0.462 e. The van der Waals surface area contributed by atoms with Crippen LogP contribution in [0, 0.1) is 22.2 Å². The van der Waals surface area contributed by atoms with Gasteiger partial charge in [0.05, 0.1) is 17.9 Å². The molecule has 0 aromatic heterocycles. The SMILES string of the molecule is CC(C)C(=O)OC1(C(F)(F)F)OCC(C)(OC(=O)C(C)(CC(C)(C)C)C(C)(C)C)C1(F)F. The molecule has 3 unspecified atom stereocenters. The topological polar surface area (TPSA) is 61.8 Å². The Hall–Kier alpha value is -1.45. The Morgan fingerprint density at radius 3 is 1.78 bits per heavy atom. The van der Waals surface area contributed by atoms with Crippen molar-refractivity contribution in [1.82, 2.24) is 0 Å². The van der Waals surface area contributed by atoms with Gasteiger partial charge in [-0.3, -0.25) is 9.59 Å². The molecule has 1 aliphatic rings. The second kappa shape index (κ2) is 8.09. The van der Waals surface area contributed by atoms with Crippen molar-refractivity contribution >= 4 is 11.9 Å². The number of ether oxygens (including phenoxy) is 3. The smallest absolute Gasteiger partial charge is 0.450 e. The molecule has 0 aromatic carbocycles. The van der Waals surface area contributed by atoms with Crippen molar-refractivity contribution in [2.45, 2.75) is 99.1 Å². The molecule has 0 radical (unpaired) electrons. The van der Waals surface area contributed by atoms with Gasteiger partial charge in [-0.05, 0) is 31.1 Å². The highest BCUT2D eigenvalue weighted by Gasteiger charge is 2.86. The monoisotopic (exact) mass is 474 g/mol. The fourth-order valence-corrected chi connectivity index (χ4v) is 3.55. The molecule has 1 aliphatic heterocycles. The summed E-state index contributed by atoms with van der Waals surface area (Å²) in [5.74, 6) is -13.2. The number of rotatable bonds is 5. The lowest BCUT2D eigenvalue weighted by Crippen LogP contribution is -2.66. The number of carbonyl (C=O) groups is 2. The van der Waals surface area contributed by atoms with E-state index in [4.69, 9.17) is 4.74 Å². The molecular formula is C22H35F5O5. The molecule has 0 N–H and O–H groups in total. The van der Waals surface area contributed by atoms with Crippen molar-refractivity contribution in [3.05, 3.63) is 0 Å². The number of halogens is 5. The summed E-state index contributed by atoms with van der Waals surface area (Å²) in [6, 6.07) is 0. The lowest BCUT2D eigenvalue weighted by molar-refractivity contribution is -0.410. The Kier molecular flexibility index (Phi) is 7.23. The molecule has 3 atom stereocenters. The van der Waals surface area contributed by atoms with Crippen LogP contribution in [-0.4, -0.2) is 42.0 Å². The molecule has 0 saturated carbocycles. The van der Waals surface area contributed by atoms with Gasteiger partial charge in [0.2, 0.25) is 5.60 Å². The maximum absolute atomic E-state index is 15.4. The Labute approximate surface area is 186 Å². The van der Waals surface area contributed by atoms with Gasteiger partial charge in [-0.1, -0.05) is 55.4 Å². The van der Waals surface area contributed by atoms with E-state index in [2.05, 4.69) is 9.47 Å². The molecule has 1 heterocycles. The molecule has 0 spiro atoms. The van der Waals surface area contributed by atoms with Crippen LogP contribution in [0.4, 0.5) is 22.0 Å². The fourth-order valence-electron chi connectivity index (χ4n) is 3.55. The minimum Gasteiger partial charge on any atom is -0.450 e. The van der Waals surface area contributed by atoms with Crippen molar-refractivity contribution in [2.75, 3.05) is 6.61 Å². The van der Waals surface area contributed by atoms with Crippen LogP contribution in [-0.2, 0) is 23.8 Å². The fraction of sp³-hybridized carbons (Fsp3) is 0.909. The minimum atomic E-state index is -5.79. The van der Waals surface area contributed by atoms with Crippen LogP contribution in [0.1, 0.15) is 75.7 Å². The normalized spacial score (nSPS) is 28.4. The Morgan fingerprint density at radius 2 is 1.44 bits per heavy atom. The van der Waals surface area contributed by atoms with E-state index >= 15 is 8.78 Å². The number of hydrogen-bond acceptors (Lipinski definition) is 5. The second-order valence-electron chi connectivity index (χ2n) is 11.5. The van der Waals surface area contributed by atoms with Crippen molar-refractivity contribution in [2.24, 2.45) is 22.2 Å². The third-order valence-corrected chi connectivity index (χ3v) is 6.03. The number of esters is 2. The first-order valence-electron chi connectivity index (χ1n) is 10.4. The third kappa shape index (κ3) is 4.75. The summed E-state index contributed by atoms with van der Waals surface area (Å²) in [6.45, 7) is 14.0. The molecule has 32 heavy (non-hydrogen) atoms. The van der Waals surface area contributed by atoms with Gasteiger partial charge in [0.15, 0.2) is 0 Å². The van der Waals surface area contributed by atoms with Gasteiger partial charge in [0.25, 0.3) is 0 Å². The molecule has 1 fully saturated rings. The van der Waals surface area contributed by atoms with E-state index in [1.807, 2.05) is 20.8 Å². The van der Waals surface area contributed by atoms with E-state index in [-0.39, 0.29) is 6.42 Å². The van der Waals surface area contributed by atoms with Crippen LogP contribution >= 0.6 is 0 Å². The molecule has 5 nitrogen and oxygen atoms in total. The van der Waals surface area contributed by atoms with Crippen LogP contribution in [0.15, 0.2) is 0 Å². The summed E-state index contributed by atoms with van der Waals surface area (Å²) >= 11 is 0. The summed E-state index contributed by atoms with van der Waals surface area (Å²) in [4.78, 5) is 25.1. The van der Waals surface area contributed by atoms with Gasteiger partial charge in [-0.2, -0.15) is 22.0 Å². The van der Waals surface area contributed by atoms with Gasteiger partial charge >= 0.3 is 29.8 Å². The van der Waals surface area contributed by atoms with Crippen molar-refractivity contribution < 1.29 is 45.8 Å². The van der Waals surface area contributed by atoms with Gasteiger partial charge in [-0.25, -0.2) is 0 Å². The third-order valence-electron chi connectivity index (χ3n) is 6.03. The first-order valence-corrected chi connectivity index (χ1v) is 10.4.